The van der Waals surface area contributed by atoms with Crippen molar-refractivity contribution in [3.05, 3.63) is 20.8 Å². The number of hydrogen-bond donors (Lipinski definition) is 2. The minimum absolute atomic E-state index is 0.459. The fraction of sp³-hybridized carbons (Fsp3) is 0.286. The van der Waals surface area contributed by atoms with E-state index in [1.54, 1.807) is 11.3 Å². The molecule has 1 aromatic rings. The molecule has 0 aliphatic heterocycles. The van der Waals surface area contributed by atoms with Crippen molar-refractivity contribution in [2.75, 3.05) is 0 Å². The Morgan fingerprint density at radius 1 is 1.75 bits per heavy atom. The van der Waals surface area contributed by atoms with Crippen LogP contribution in [0.1, 0.15) is 4.88 Å². The van der Waals surface area contributed by atoms with E-state index in [0.717, 1.165) is 9.35 Å². The third-order valence-electron chi connectivity index (χ3n) is 1.41. The largest absolute Gasteiger partial charge is 0.368 e. The highest BCUT2D eigenvalue weighted by molar-refractivity contribution is 9.10. The summed E-state index contributed by atoms with van der Waals surface area (Å²) in [5.41, 5.74) is 10.5. The van der Waals surface area contributed by atoms with Crippen LogP contribution >= 0.6 is 27.3 Å². The molecule has 0 radical (unpaired) electrons. The van der Waals surface area contributed by atoms with Crippen molar-refractivity contribution in [2.45, 2.75) is 12.5 Å². The summed E-state index contributed by atoms with van der Waals surface area (Å²) in [4.78, 5) is 11.7. The molecule has 0 aliphatic rings. The SMILES string of the molecule is NC(=O)C(N)Cc1cc(Br)cs1. The summed E-state index contributed by atoms with van der Waals surface area (Å²) < 4.78 is 1.01. The summed E-state index contributed by atoms with van der Waals surface area (Å²) in [6, 6.07) is 1.36. The van der Waals surface area contributed by atoms with E-state index in [4.69, 9.17) is 11.5 Å². The molecule has 1 aromatic heterocycles. The summed E-state index contributed by atoms with van der Waals surface area (Å²) in [7, 11) is 0. The highest BCUT2D eigenvalue weighted by Gasteiger charge is 2.10. The van der Waals surface area contributed by atoms with Crippen LogP contribution in [0.15, 0.2) is 15.9 Å². The molecule has 0 fully saturated rings. The summed E-state index contributed by atoms with van der Waals surface area (Å²) in [6.07, 6.45) is 0.519. The van der Waals surface area contributed by atoms with Crippen LogP contribution in [0.25, 0.3) is 0 Å². The number of amides is 1. The molecular weight excluding hydrogens is 240 g/mol. The lowest BCUT2D eigenvalue weighted by atomic mass is 10.2. The van der Waals surface area contributed by atoms with Gasteiger partial charge in [-0.2, -0.15) is 0 Å². The standard InChI is InChI=1S/C7H9BrN2OS/c8-4-1-5(12-3-4)2-6(9)7(10)11/h1,3,6H,2,9H2,(H2,10,11). The van der Waals surface area contributed by atoms with E-state index in [0.29, 0.717) is 6.42 Å². The number of rotatable bonds is 3. The van der Waals surface area contributed by atoms with Crippen molar-refractivity contribution in [2.24, 2.45) is 11.5 Å². The number of nitrogens with two attached hydrogens (primary N) is 2. The number of thiophene rings is 1. The third kappa shape index (κ3) is 2.58. The first-order valence-corrected chi connectivity index (χ1v) is 5.04. The first-order chi connectivity index (χ1) is 5.59. The second-order valence-corrected chi connectivity index (χ2v) is 4.36. The number of carbonyl (C=O) groups excluding carboxylic acids is 1. The smallest absolute Gasteiger partial charge is 0.234 e. The van der Waals surface area contributed by atoms with E-state index in [-0.39, 0.29) is 0 Å². The lowest BCUT2D eigenvalue weighted by Crippen LogP contribution is -2.37. The molecule has 1 heterocycles. The lowest BCUT2D eigenvalue weighted by molar-refractivity contribution is -0.119. The normalized spacial score (nSPS) is 12.8. The molecule has 1 amide bonds. The number of hydrogen-bond acceptors (Lipinski definition) is 3. The zero-order valence-corrected chi connectivity index (χ0v) is 8.69. The fourth-order valence-electron chi connectivity index (χ4n) is 0.778. The van der Waals surface area contributed by atoms with Gasteiger partial charge in [-0.25, -0.2) is 0 Å². The highest BCUT2D eigenvalue weighted by Crippen LogP contribution is 2.20. The average Bonchev–Trinajstić information content (AvgIpc) is 2.35. The van der Waals surface area contributed by atoms with Gasteiger partial charge in [-0.3, -0.25) is 4.79 Å². The van der Waals surface area contributed by atoms with E-state index < -0.39 is 11.9 Å². The van der Waals surface area contributed by atoms with Crippen molar-refractivity contribution in [3.8, 4) is 0 Å². The molecule has 0 saturated carbocycles. The second kappa shape index (κ2) is 4.02. The molecule has 0 spiro atoms. The Morgan fingerprint density at radius 3 is 2.83 bits per heavy atom. The molecule has 1 rings (SSSR count). The predicted molar refractivity (Wildman–Crippen MR) is 52.9 cm³/mol. The van der Waals surface area contributed by atoms with E-state index in [1.807, 2.05) is 11.4 Å². The van der Waals surface area contributed by atoms with Gasteiger partial charge in [0.25, 0.3) is 0 Å². The molecule has 66 valence electrons. The van der Waals surface area contributed by atoms with Crippen LogP contribution in [0.2, 0.25) is 0 Å². The van der Waals surface area contributed by atoms with Crippen molar-refractivity contribution in [3.63, 3.8) is 0 Å². The molecule has 0 saturated heterocycles. The Balaban J connectivity index is 2.58. The number of carbonyl (C=O) groups is 1. The maximum absolute atomic E-state index is 10.6. The Bertz CT molecular complexity index is 287. The predicted octanol–water partition coefficient (Wildman–Crippen LogP) is 0.866. The molecule has 12 heavy (non-hydrogen) atoms. The van der Waals surface area contributed by atoms with Crippen LogP contribution in [0.3, 0.4) is 0 Å². The molecule has 0 aromatic carbocycles. The van der Waals surface area contributed by atoms with Gasteiger partial charge in [-0.15, -0.1) is 11.3 Å². The quantitative estimate of drug-likeness (QED) is 0.834. The zero-order chi connectivity index (χ0) is 9.14. The Morgan fingerprint density at radius 2 is 2.42 bits per heavy atom. The minimum atomic E-state index is -0.574. The van der Waals surface area contributed by atoms with Crippen molar-refractivity contribution >= 4 is 33.2 Å². The summed E-state index contributed by atoms with van der Waals surface area (Å²) in [5, 5.41) is 1.95. The average molecular weight is 249 g/mol. The maximum Gasteiger partial charge on any atom is 0.234 e. The first kappa shape index (κ1) is 9.70. The van der Waals surface area contributed by atoms with Gasteiger partial charge in [0, 0.05) is 21.2 Å². The third-order valence-corrected chi connectivity index (χ3v) is 3.13. The Labute approximate surface area is 82.9 Å². The lowest BCUT2D eigenvalue weighted by Gasteiger charge is -2.03. The second-order valence-electron chi connectivity index (χ2n) is 2.44. The molecule has 3 nitrogen and oxygen atoms in total. The fourth-order valence-corrected chi connectivity index (χ4v) is 2.29. The van der Waals surface area contributed by atoms with Crippen LogP contribution in [0, 0.1) is 0 Å². The summed E-state index contributed by atoms with van der Waals surface area (Å²) in [6.45, 7) is 0. The minimum Gasteiger partial charge on any atom is -0.368 e. The van der Waals surface area contributed by atoms with Crippen LogP contribution in [0.4, 0.5) is 0 Å². The first-order valence-electron chi connectivity index (χ1n) is 3.37. The van der Waals surface area contributed by atoms with E-state index >= 15 is 0 Å². The molecule has 0 aliphatic carbocycles. The van der Waals surface area contributed by atoms with Gasteiger partial charge in [0.05, 0.1) is 6.04 Å². The van der Waals surface area contributed by atoms with Gasteiger partial charge >= 0.3 is 0 Å². The maximum atomic E-state index is 10.6. The molecule has 4 N–H and O–H groups in total. The topological polar surface area (TPSA) is 69.1 Å². The molecule has 1 atom stereocenters. The Kier molecular flexibility index (Phi) is 3.25. The van der Waals surface area contributed by atoms with E-state index in [2.05, 4.69) is 15.9 Å². The van der Waals surface area contributed by atoms with Gasteiger partial charge < -0.3 is 11.5 Å². The highest BCUT2D eigenvalue weighted by atomic mass is 79.9. The molecule has 0 bridgehead atoms. The van der Waals surface area contributed by atoms with E-state index in [1.165, 1.54) is 0 Å². The number of primary amides is 1. The van der Waals surface area contributed by atoms with Gasteiger partial charge in [0.15, 0.2) is 0 Å². The van der Waals surface area contributed by atoms with Crippen LogP contribution in [-0.4, -0.2) is 11.9 Å². The van der Waals surface area contributed by atoms with Crippen molar-refractivity contribution in [1.82, 2.24) is 0 Å². The van der Waals surface area contributed by atoms with Crippen molar-refractivity contribution < 1.29 is 4.79 Å². The van der Waals surface area contributed by atoms with Crippen LogP contribution in [-0.2, 0) is 11.2 Å². The van der Waals surface area contributed by atoms with Crippen LogP contribution < -0.4 is 11.5 Å². The van der Waals surface area contributed by atoms with Gasteiger partial charge in [0.2, 0.25) is 5.91 Å². The summed E-state index contributed by atoms with van der Waals surface area (Å²) in [5.74, 6) is -0.459. The zero-order valence-electron chi connectivity index (χ0n) is 6.29. The van der Waals surface area contributed by atoms with Gasteiger partial charge in [-0.1, -0.05) is 0 Å². The van der Waals surface area contributed by atoms with Crippen molar-refractivity contribution in [1.29, 1.82) is 0 Å². The molecular formula is C7H9BrN2OS. The molecule has 5 heteroatoms. The summed E-state index contributed by atoms with van der Waals surface area (Å²) >= 11 is 4.87. The number of halogens is 1. The van der Waals surface area contributed by atoms with Gasteiger partial charge in [-0.05, 0) is 22.0 Å². The van der Waals surface area contributed by atoms with Gasteiger partial charge in [0.1, 0.15) is 0 Å². The monoisotopic (exact) mass is 248 g/mol. The van der Waals surface area contributed by atoms with Crippen LogP contribution in [0.5, 0.6) is 0 Å². The molecule has 1 unspecified atom stereocenters. The Hall–Kier alpha value is -0.390. The van der Waals surface area contributed by atoms with E-state index in [9.17, 15) is 4.79 Å².